The normalized spacial score (nSPS) is 9.94. The van der Waals surface area contributed by atoms with Crippen LogP contribution in [-0.4, -0.2) is 9.13 Å². The third-order valence-electron chi connectivity index (χ3n) is 2.58. The van der Waals surface area contributed by atoms with Gasteiger partial charge in [0.2, 0.25) is 0 Å². The van der Waals surface area contributed by atoms with Crippen LogP contribution in [0.2, 0.25) is 0 Å². The zero-order chi connectivity index (χ0) is 13.0. The highest BCUT2D eigenvalue weighted by Crippen LogP contribution is 1.98. The fourth-order valence-electron chi connectivity index (χ4n) is 1.69. The lowest BCUT2D eigenvalue weighted by molar-refractivity contribution is 0.622. The molecule has 2 aromatic rings. The molecule has 0 aliphatic rings. The number of nitrogens with zero attached hydrogens (tertiary/aromatic N) is 2. The number of benzene rings is 1. The first-order valence-electron chi connectivity index (χ1n) is 5.50. The standard InChI is InChI=1S/C14H12N2O2/c1-2-9-15-10-8-13(17)16(14(15)18)11-12-6-4-3-5-7-12/h1,3-8,10H,9,11H2. The maximum absolute atomic E-state index is 12.0. The van der Waals surface area contributed by atoms with Crippen molar-refractivity contribution in [3.05, 3.63) is 69.0 Å². The molecule has 0 unspecified atom stereocenters. The molecule has 18 heavy (non-hydrogen) atoms. The van der Waals surface area contributed by atoms with Gasteiger partial charge in [-0.2, -0.15) is 0 Å². The van der Waals surface area contributed by atoms with E-state index < -0.39 is 0 Å². The minimum Gasteiger partial charge on any atom is -0.289 e. The zero-order valence-electron chi connectivity index (χ0n) is 9.74. The molecule has 0 bridgehead atoms. The van der Waals surface area contributed by atoms with E-state index in [1.54, 1.807) is 0 Å². The fraction of sp³-hybridized carbons (Fsp3) is 0.143. The third-order valence-corrected chi connectivity index (χ3v) is 2.58. The first-order valence-corrected chi connectivity index (χ1v) is 5.50. The molecule has 1 aromatic carbocycles. The van der Waals surface area contributed by atoms with Gasteiger partial charge >= 0.3 is 5.69 Å². The van der Waals surface area contributed by atoms with Crippen molar-refractivity contribution in [3.8, 4) is 12.3 Å². The maximum atomic E-state index is 12.0. The Kier molecular flexibility index (Phi) is 3.44. The van der Waals surface area contributed by atoms with Crippen molar-refractivity contribution in [2.45, 2.75) is 13.1 Å². The van der Waals surface area contributed by atoms with Crippen LogP contribution in [-0.2, 0) is 13.1 Å². The molecule has 0 radical (unpaired) electrons. The Morgan fingerprint density at radius 2 is 1.83 bits per heavy atom. The van der Waals surface area contributed by atoms with Crippen LogP contribution in [0.5, 0.6) is 0 Å². The summed E-state index contributed by atoms with van der Waals surface area (Å²) in [7, 11) is 0. The summed E-state index contributed by atoms with van der Waals surface area (Å²) >= 11 is 0. The van der Waals surface area contributed by atoms with Crippen LogP contribution in [0.15, 0.2) is 52.2 Å². The van der Waals surface area contributed by atoms with E-state index in [-0.39, 0.29) is 24.3 Å². The molecule has 0 N–H and O–H groups in total. The van der Waals surface area contributed by atoms with Gasteiger partial charge in [0.05, 0.1) is 13.1 Å². The van der Waals surface area contributed by atoms with Crippen molar-refractivity contribution in [2.24, 2.45) is 0 Å². The van der Waals surface area contributed by atoms with Crippen LogP contribution in [0.4, 0.5) is 0 Å². The zero-order valence-corrected chi connectivity index (χ0v) is 9.74. The van der Waals surface area contributed by atoms with E-state index in [9.17, 15) is 9.59 Å². The minimum atomic E-state index is -0.385. The number of rotatable bonds is 3. The second-order valence-corrected chi connectivity index (χ2v) is 3.84. The first kappa shape index (κ1) is 11.9. The predicted octanol–water partition coefficient (Wildman–Crippen LogP) is 0.691. The molecule has 0 spiro atoms. The van der Waals surface area contributed by atoms with E-state index in [2.05, 4.69) is 5.92 Å². The molecule has 2 rings (SSSR count). The monoisotopic (exact) mass is 240 g/mol. The van der Waals surface area contributed by atoms with Crippen LogP contribution in [0, 0.1) is 12.3 Å². The van der Waals surface area contributed by atoms with Gasteiger partial charge in [-0.25, -0.2) is 4.79 Å². The van der Waals surface area contributed by atoms with Crippen LogP contribution in [0.25, 0.3) is 0 Å². The summed E-state index contributed by atoms with van der Waals surface area (Å²) in [6, 6.07) is 10.7. The highest BCUT2D eigenvalue weighted by atomic mass is 16.2. The van der Waals surface area contributed by atoms with Gasteiger partial charge in [0.15, 0.2) is 0 Å². The molecule has 0 amide bonds. The van der Waals surface area contributed by atoms with Crippen molar-refractivity contribution in [2.75, 3.05) is 0 Å². The van der Waals surface area contributed by atoms with E-state index in [1.165, 1.54) is 21.4 Å². The van der Waals surface area contributed by atoms with E-state index >= 15 is 0 Å². The lowest BCUT2D eigenvalue weighted by Gasteiger charge is -2.07. The number of hydrogen-bond donors (Lipinski definition) is 0. The number of aromatic nitrogens is 2. The first-order chi connectivity index (χ1) is 8.72. The highest BCUT2D eigenvalue weighted by Gasteiger charge is 2.04. The summed E-state index contributed by atoms with van der Waals surface area (Å²) in [6.07, 6.45) is 6.60. The average molecular weight is 240 g/mol. The molecule has 0 aliphatic heterocycles. The quantitative estimate of drug-likeness (QED) is 0.741. The second kappa shape index (κ2) is 5.19. The summed E-state index contributed by atoms with van der Waals surface area (Å²) in [6.45, 7) is 0.415. The van der Waals surface area contributed by atoms with Crippen LogP contribution in [0.3, 0.4) is 0 Å². The van der Waals surface area contributed by atoms with Crippen LogP contribution in [0.1, 0.15) is 5.56 Å². The maximum Gasteiger partial charge on any atom is 0.332 e. The topological polar surface area (TPSA) is 44.0 Å². The lowest BCUT2D eigenvalue weighted by Crippen LogP contribution is -2.39. The fourth-order valence-corrected chi connectivity index (χ4v) is 1.69. The molecule has 0 atom stereocenters. The molecule has 0 aliphatic carbocycles. The van der Waals surface area contributed by atoms with E-state index in [0.717, 1.165) is 5.56 Å². The van der Waals surface area contributed by atoms with Crippen molar-refractivity contribution in [1.29, 1.82) is 0 Å². The van der Waals surface area contributed by atoms with Gasteiger partial charge < -0.3 is 0 Å². The summed E-state index contributed by atoms with van der Waals surface area (Å²) in [5, 5.41) is 0. The summed E-state index contributed by atoms with van der Waals surface area (Å²) in [4.78, 5) is 23.7. The molecule has 1 heterocycles. The molecule has 0 saturated carbocycles. The van der Waals surface area contributed by atoms with Crippen LogP contribution >= 0.6 is 0 Å². The lowest BCUT2D eigenvalue weighted by atomic mass is 10.2. The van der Waals surface area contributed by atoms with Crippen LogP contribution < -0.4 is 11.2 Å². The van der Waals surface area contributed by atoms with Gasteiger partial charge in [-0.15, -0.1) is 6.42 Å². The molecule has 1 aromatic heterocycles. The van der Waals surface area contributed by atoms with Crippen molar-refractivity contribution in [1.82, 2.24) is 9.13 Å². The molecular formula is C14H12N2O2. The van der Waals surface area contributed by atoms with Crippen molar-refractivity contribution >= 4 is 0 Å². The number of hydrogen-bond acceptors (Lipinski definition) is 2. The van der Waals surface area contributed by atoms with Crippen molar-refractivity contribution < 1.29 is 0 Å². The minimum absolute atomic E-state index is 0.161. The molecule has 4 heteroatoms. The molecule has 0 saturated heterocycles. The van der Waals surface area contributed by atoms with Crippen molar-refractivity contribution in [3.63, 3.8) is 0 Å². The Bertz CT molecular complexity index is 690. The molecule has 90 valence electrons. The molecule has 0 fully saturated rings. The third kappa shape index (κ3) is 2.41. The highest BCUT2D eigenvalue weighted by molar-refractivity contribution is 5.15. The van der Waals surface area contributed by atoms with E-state index in [0.29, 0.717) is 0 Å². The number of terminal acetylenes is 1. The van der Waals surface area contributed by atoms with Gasteiger partial charge in [-0.3, -0.25) is 13.9 Å². The molecule has 4 nitrogen and oxygen atoms in total. The van der Waals surface area contributed by atoms with Gasteiger partial charge in [-0.05, 0) is 5.56 Å². The smallest absolute Gasteiger partial charge is 0.289 e. The van der Waals surface area contributed by atoms with Gasteiger partial charge in [0.25, 0.3) is 5.56 Å². The summed E-state index contributed by atoms with van der Waals surface area (Å²) in [5.41, 5.74) is 0.191. The SMILES string of the molecule is C#CCn1ccc(=O)n(Cc2ccccc2)c1=O. The Hall–Kier alpha value is -2.54. The van der Waals surface area contributed by atoms with Gasteiger partial charge in [0, 0.05) is 12.3 Å². The Morgan fingerprint density at radius 1 is 1.11 bits per heavy atom. The van der Waals surface area contributed by atoms with E-state index in [1.807, 2.05) is 30.3 Å². The Labute approximate surface area is 104 Å². The second-order valence-electron chi connectivity index (χ2n) is 3.84. The van der Waals surface area contributed by atoms with E-state index in [4.69, 9.17) is 6.42 Å². The van der Waals surface area contributed by atoms with Gasteiger partial charge in [-0.1, -0.05) is 36.3 Å². The largest absolute Gasteiger partial charge is 0.332 e. The molecular weight excluding hydrogens is 228 g/mol. The Morgan fingerprint density at radius 3 is 2.50 bits per heavy atom. The average Bonchev–Trinajstić information content (AvgIpc) is 2.39. The summed E-state index contributed by atoms with van der Waals surface area (Å²) in [5.74, 6) is 2.38. The summed E-state index contributed by atoms with van der Waals surface area (Å²) < 4.78 is 2.51. The predicted molar refractivity (Wildman–Crippen MR) is 69.3 cm³/mol. The Balaban J connectivity index is 2.45. The van der Waals surface area contributed by atoms with Gasteiger partial charge in [0.1, 0.15) is 0 Å².